The first-order chi connectivity index (χ1) is 9.51. The van der Waals surface area contributed by atoms with Crippen molar-refractivity contribution < 1.29 is 9.53 Å². The van der Waals surface area contributed by atoms with Crippen molar-refractivity contribution in [2.24, 2.45) is 5.73 Å². The van der Waals surface area contributed by atoms with Crippen molar-refractivity contribution in [1.82, 2.24) is 9.88 Å². The first-order valence-electron chi connectivity index (χ1n) is 6.98. The van der Waals surface area contributed by atoms with Crippen LogP contribution in [0.4, 0.5) is 0 Å². The monoisotopic (exact) mass is 279 g/mol. The Kier molecular flexibility index (Phi) is 6.61. The van der Waals surface area contributed by atoms with Crippen LogP contribution in [0.25, 0.3) is 0 Å². The number of ether oxygens (including phenoxy) is 1. The number of methoxy groups -OCH3 is 1. The first-order valence-corrected chi connectivity index (χ1v) is 6.98. The molecule has 1 amide bonds. The quantitative estimate of drug-likeness (QED) is 0.784. The Hall–Kier alpha value is -1.46. The van der Waals surface area contributed by atoms with Crippen LogP contribution in [0.3, 0.4) is 0 Å². The van der Waals surface area contributed by atoms with Crippen molar-refractivity contribution in [2.75, 3.05) is 20.3 Å². The molecule has 1 rings (SSSR count). The van der Waals surface area contributed by atoms with Gasteiger partial charge in [-0.05, 0) is 25.5 Å². The van der Waals surface area contributed by atoms with E-state index in [9.17, 15) is 4.79 Å². The molecule has 5 nitrogen and oxygen atoms in total. The highest BCUT2D eigenvalue weighted by Crippen LogP contribution is 2.14. The maximum Gasteiger partial charge on any atom is 0.242 e. The zero-order chi connectivity index (χ0) is 15.0. The predicted molar refractivity (Wildman–Crippen MR) is 79.0 cm³/mol. The number of amides is 1. The average molecular weight is 279 g/mol. The molecule has 1 aromatic heterocycles. The molecule has 0 aliphatic heterocycles. The molecule has 0 saturated carbocycles. The number of nitrogens with zero attached hydrogens (tertiary/aromatic N) is 2. The Morgan fingerprint density at radius 2 is 2.25 bits per heavy atom. The van der Waals surface area contributed by atoms with E-state index in [1.54, 1.807) is 25.1 Å². The summed E-state index contributed by atoms with van der Waals surface area (Å²) < 4.78 is 5.08. The zero-order valence-corrected chi connectivity index (χ0v) is 12.6. The summed E-state index contributed by atoms with van der Waals surface area (Å²) in [6.45, 7) is 5.27. The molecule has 1 aromatic rings. The van der Waals surface area contributed by atoms with Crippen LogP contribution >= 0.6 is 0 Å². The molecule has 5 heteroatoms. The molecule has 0 spiro atoms. The summed E-state index contributed by atoms with van der Waals surface area (Å²) in [6, 6.07) is 5.67. The van der Waals surface area contributed by atoms with E-state index in [-0.39, 0.29) is 5.91 Å². The summed E-state index contributed by atoms with van der Waals surface area (Å²) >= 11 is 0. The number of hydrogen-bond donors (Lipinski definition) is 1. The van der Waals surface area contributed by atoms with Gasteiger partial charge in [0.15, 0.2) is 0 Å². The highest BCUT2D eigenvalue weighted by atomic mass is 16.5. The Balaban J connectivity index is 2.80. The van der Waals surface area contributed by atoms with E-state index in [2.05, 4.69) is 4.98 Å². The molecule has 0 fully saturated rings. The fourth-order valence-corrected chi connectivity index (χ4v) is 2.13. The summed E-state index contributed by atoms with van der Waals surface area (Å²) in [5, 5.41) is 0. The topological polar surface area (TPSA) is 68.5 Å². The summed E-state index contributed by atoms with van der Waals surface area (Å²) in [7, 11) is 1.62. The van der Waals surface area contributed by atoms with E-state index < -0.39 is 5.54 Å². The van der Waals surface area contributed by atoms with Crippen LogP contribution in [0.5, 0.6) is 0 Å². The highest BCUT2D eigenvalue weighted by molar-refractivity contribution is 5.85. The van der Waals surface area contributed by atoms with E-state index in [0.29, 0.717) is 26.1 Å². The number of nitrogens with two attached hydrogens (primary N) is 1. The van der Waals surface area contributed by atoms with Crippen LogP contribution in [0.15, 0.2) is 24.4 Å². The van der Waals surface area contributed by atoms with Crippen molar-refractivity contribution >= 4 is 5.91 Å². The molecule has 2 N–H and O–H groups in total. The van der Waals surface area contributed by atoms with Gasteiger partial charge in [-0.1, -0.05) is 19.4 Å². The number of carbonyl (C=O) groups is 1. The fourth-order valence-electron chi connectivity index (χ4n) is 2.13. The summed E-state index contributed by atoms with van der Waals surface area (Å²) in [4.78, 5) is 18.6. The lowest BCUT2D eigenvalue weighted by atomic mass is 9.95. The normalized spacial score (nSPS) is 13.8. The first kappa shape index (κ1) is 16.6. The smallest absolute Gasteiger partial charge is 0.242 e. The molecule has 20 heavy (non-hydrogen) atoms. The van der Waals surface area contributed by atoms with E-state index in [1.165, 1.54) is 0 Å². The van der Waals surface area contributed by atoms with Gasteiger partial charge in [-0.25, -0.2) is 0 Å². The maximum absolute atomic E-state index is 12.6. The third kappa shape index (κ3) is 4.90. The van der Waals surface area contributed by atoms with Crippen molar-refractivity contribution in [2.45, 2.75) is 38.8 Å². The lowest BCUT2D eigenvalue weighted by Crippen LogP contribution is -2.53. The van der Waals surface area contributed by atoms with Crippen LogP contribution in [0.1, 0.15) is 32.4 Å². The van der Waals surface area contributed by atoms with Crippen LogP contribution in [0.2, 0.25) is 0 Å². The minimum absolute atomic E-state index is 0.0537. The molecule has 112 valence electrons. The largest absolute Gasteiger partial charge is 0.383 e. The lowest BCUT2D eigenvalue weighted by Gasteiger charge is -2.31. The number of carbonyl (C=O) groups excluding carboxylic acids is 1. The van der Waals surface area contributed by atoms with E-state index >= 15 is 0 Å². The molecular formula is C15H25N3O2. The van der Waals surface area contributed by atoms with Gasteiger partial charge in [-0.2, -0.15) is 0 Å². The van der Waals surface area contributed by atoms with Gasteiger partial charge in [0.2, 0.25) is 5.91 Å². The van der Waals surface area contributed by atoms with Crippen LogP contribution in [-0.4, -0.2) is 41.6 Å². The van der Waals surface area contributed by atoms with Crippen molar-refractivity contribution in [1.29, 1.82) is 0 Å². The fraction of sp³-hybridized carbons (Fsp3) is 0.600. The summed E-state index contributed by atoms with van der Waals surface area (Å²) in [5.41, 5.74) is 6.16. The van der Waals surface area contributed by atoms with Gasteiger partial charge in [-0.3, -0.25) is 9.78 Å². The van der Waals surface area contributed by atoms with Crippen LogP contribution in [0, 0.1) is 0 Å². The second-order valence-electron chi connectivity index (χ2n) is 5.21. The number of hydrogen-bond acceptors (Lipinski definition) is 4. The number of aromatic nitrogens is 1. The second-order valence-corrected chi connectivity index (χ2v) is 5.21. The van der Waals surface area contributed by atoms with Crippen molar-refractivity contribution in [3.8, 4) is 0 Å². The minimum Gasteiger partial charge on any atom is -0.383 e. The molecule has 1 heterocycles. The summed E-state index contributed by atoms with van der Waals surface area (Å²) in [5.74, 6) is -0.0537. The van der Waals surface area contributed by atoms with Crippen molar-refractivity contribution in [3.63, 3.8) is 0 Å². The van der Waals surface area contributed by atoms with Gasteiger partial charge in [0.05, 0.1) is 24.4 Å². The molecule has 0 bridgehead atoms. The van der Waals surface area contributed by atoms with Gasteiger partial charge in [-0.15, -0.1) is 0 Å². The molecule has 0 aromatic carbocycles. The zero-order valence-electron chi connectivity index (χ0n) is 12.6. The van der Waals surface area contributed by atoms with Gasteiger partial charge in [0, 0.05) is 19.9 Å². The minimum atomic E-state index is -0.836. The molecule has 0 aliphatic carbocycles. The van der Waals surface area contributed by atoms with Gasteiger partial charge < -0.3 is 15.4 Å². The number of rotatable bonds is 8. The average Bonchev–Trinajstić information content (AvgIpc) is 2.43. The standard InChI is InChI=1S/C15H25N3O2/c1-4-8-15(2,16)14(19)18(10-11-20-3)12-13-7-5-6-9-17-13/h5-7,9H,4,8,10-12,16H2,1-3H3. The molecule has 1 atom stereocenters. The maximum atomic E-state index is 12.6. The summed E-state index contributed by atoms with van der Waals surface area (Å²) in [6.07, 6.45) is 3.26. The molecular weight excluding hydrogens is 254 g/mol. The Morgan fingerprint density at radius 1 is 1.50 bits per heavy atom. The van der Waals surface area contributed by atoms with E-state index in [4.69, 9.17) is 10.5 Å². The third-order valence-electron chi connectivity index (χ3n) is 3.19. The van der Waals surface area contributed by atoms with Crippen LogP contribution in [-0.2, 0) is 16.1 Å². The predicted octanol–water partition coefficient (Wildman–Crippen LogP) is 1.57. The van der Waals surface area contributed by atoms with E-state index in [1.807, 2.05) is 25.1 Å². The van der Waals surface area contributed by atoms with Gasteiger partial charge in [0.25, 0.3) is 0 Å². The molecule has 0 saturated heterocycles. The molecule has 0 aliphatic rings. The third-order valence-corrected chi connectivity index (χ3v) is 3.19. The molecule has 1 unspecified atom stereocenters. The number of pyridine rings is 1. The highest BCUT2D eigenvalue weighted by Gasteiger charge is 2.31. The van der Waals surface area contributed by atoms with Gasteiger partial charge >= 0.3 is 0 Å². The lowest BCUT2D eigenvalue weighted by molar-refractivity contribution is -0.138. The van der Waals surface area contributed by atoms with Crippen LogP contribution < -0.4 is 5.73 Å². The SMILES string of the molecule is CCCC(C)(N)C(=O)N(CCOC)Cc1ccccn1. The van der Waals surface area contributed by atoms with E-state index in [0.717, 1.165) is 12.1 Å². The Labute approximate surface area is 121 Å². The van der Waals surface area contributed by atoms with Crippen molar-refractivity contribution in [3.05, 3.63) is 30.1 Å². The Morgan fingerprint density at radius 3 is 2.80 bits per heavy atom. The molecule has 0 radical (unpaired) electrons. The Bertz CT molecular complexity index is 407. The van der Waals surface area contributed by atoms with Gasteiger partial charge in [0.1, 0.15) is 0 Å². The second kappa shape index (κ2) is 7.97.